The lowest BCUT2D eigenvalue weighted by molar-refractivity contribution is 0.0779. The first-order chi connectivity index (χ1) is 5.41. The van der Waals surface area contributed by atoms with E-state index in [1.165, 1.54) is 0 Å². The molecule has 66 valence electrons. The molecule has 1 aromatic carbocycles. The summed E-state index contributed by atoms with van der Waals surface area (Å²) in [5.41, 5.74) is 7.50. The molecule has 12 heavy (non-hydrogen) atoms. The Morgan fingerprint density at radius 3 is 2.33 bits per heavy atom. The van der Waals surface area contributed by atoms with Crippen LogP contribution in [0.3, 0.4) is 0 Å². The van der Waals surface area contributed by atoms with Gasteiger partial charge in [-0.1, -0.05) is 6.07 Å². The van der Waals surface area contributed by atoms with Crippen LogP contribution < -0.4 is 5.73 Å². The van der Waals surface area contributed by atoms with E-state index in [0.29, 0.717) is 0 Å². The van der Waals surface area contributed by atoms with Gasteiger partial charge in [0.15, 0.2) is 0 Å². The van der Waals surface area contributed by atoms with Gasteiger partial charge in [0.2, 0.25) is 0 Å². The summed E-state index contributed by atoms with van der Waals surface area (Å²) in [6, 6.07) is 5.54. The number of rotatable bonds is 1. The van der Waals surface area contributed by atoms with Gasteiger partial charge in [0.25, 0.3) is 0 Å². The number of hydrogen-bond donors (Lipinski definition) is 2. The number of aliphatic hydroxyl groups is 1. The summed E-state index contributed by atoms with van der Waals surface area (Å²) >= 11 is 0. The van der Waals surface area contributed by atoms with Crippen molar-refractivity contribution in [3.8, 4) is 0 Å². The van der Waals surface area contributed by atoms with Crippen molar-refractivity contribution in [3.63, 3.8) is 0 Å². The second-order valence-corrected chi connectivity index (χ2v) is 3.63. The van der Waals surface area contributed by atoms with Crippen LogP contribution in [0.5, 0.6) is 0 Å². The lowest BCUT2D eigenvalue weighted by Crippen LogP contribution is -2.17. The molecule has 2 nitrogen and oxygen atoms in total. The molecule has 0 aliphatic rings. The van der Waals surface area contributed by atoms with E-state index < -0.39 is 5.60 Å². The molecule has 0 aliphatic heterocycles. The zero-order chi connectivity index (χ0) is 9.35. The fourth-order valence-electron chi connectivity index (χ4n) is 1.37. The molecule has 0 fully saturated rings. The molecule has 0 saturated carbocycles. The Morgan fingerprint density at radius 2 is 1.92 bits per heavy atom. The predicted molar refractivity (Wildman–Crippen MR) is 50.8 cm³/mol. The Balaban J connectivity index is 3.19. The number of benzene rings is 1. The summed E-state index contributed by atoms with van der Waals surface area (Å²) < 4.78 is 0. The number of anilines is 1. The van der Waals surface area contributed by atoms with Crippen molar-refractivity contribution < 1.29 is 5.11 Å². The molecule has 2 heteroatoms. The van der Waals surface area contributed by atoms with Crippen LogP contribution in [0, 0.1) is 6.92 Å². The van der Waals surface area contributed by atoms with E-state index in [4.69, 9.17) is 5.73 Å². The number of aryl methyl sites for hydroxylation is 1. The lowest BCUT2D eigenvalue weighted by atomic mass is 9.94. The summed E-state index contributed by atoms with van der Waals surface area (Å²) in [5, 5.41) is 9.72. The lowest BCUT2D eigenvalue weighted by Gasteiger charge is -2.20. The van der Waals surface area contributed by atoms with E-state index in [2.05, 4.69) is 0 Å². The molecule has 0 amide bonds. The molecule has 0 radical (unpaired) electrons. The van der Waals surface area contributed by atoms with Gasteiger partial charge in [-0.2, -0.15) is 0 Å². The van der Waals surface area contributed by atoms with E-state index in [0.717, 1.165) is 16.8 Å². The molecule has 0 bridgehead atoms. The Morgan fingerprint density at radius 1 is 1.33 bits per heavy atom. The fourth-order valence-corrected chi connectivity index (χ4v) is 1.37. The first-order valence-electron chi connectivity index (χ1n) is 4.00. The maximum Gasteiger partial charge on any atom is 0.0843 e. The van der Waals surface area contributed by atoms with E-state index >= 15 is 0 Å². The Kier molecular flexibility index (Phi) is 2.11. The molecule has 0 heterocycles. The second kappa shape index (κ2) is 2.79. The molecule has 0 spiro atoms. The van der Waals surface area contributed by atoms with E-state index in [1.807, 2.05) is 19.1 Å². The van der Waals surface area contributed by atoms with Gasteiger partial charge in [0.05, 0.1) is 5.60 Å². The highest BCUT2D eigenvalue weighted by Gasteiger charge is 2.17. The van der Waals surface area contributed by atoms with E-state index in [1.54, 1.807) is 19.9 Å². The molecule has 0 atom stereocenters. The summed E-state index contributed by atoms with van der Waals surface area (Å²) in [6.45, 7) is 5.49. The summed E-state index contributed by atoms with van der Waals surface area (Å²) in [5.74, 6) is 0. The SMILES string of the molecule is Cc1cc(N)ccc1C(C)(C)O. The molecule has 3 N–H and O–H groups in total. The average molecular weight is 165 g/mol. The third-order valence-electron chi connectivity index (χ3n) is 1.91. The molecule has 0 unspecified atom stereocenters. The standard InChI is InChI=1S/C10H15NO/c1-7-6-8(11)4-5-9(7)10(2,3)12/h4-6,12H,11H2,1-3H3. The number of nitrogens with two attached hydrogens (primary N) is 1. The number of hydrogen-bond acceptors (Lipinski definition) is 2. The van der Waals surface area contributed by atoms with Gasteiger partial charge in [-0.05, 0) is 44.0 Å². The molecule has 1 aromatic rings. The fraction of sp³-hybridized carbons (Fsp3) is 0.400. The molecular formula is C10H15NO. The van der Waals surface area contributed by atoms with Crippen molar-refractivity contribution in [2.75, 3.05) is 5.73 Å². The van der Waals surface area contributed by atoms with Crippen molar-refractivity contribution in [1.82, 2.24) is 0 Å². The third kappa shape index (κ3) is 1.77. The van der Waals surface area contributed by atoms with Crippen LogP contribution >= 0.6 is 0 Å². The average Bonchev–Trinajstić information content (AvgIpc) is 1.83. The third-order valence-corrected chi connectivity index (χ3v) is 1.91. The minimum absolute atomic E-state index is 0.737. The highest BCUT2D eigenvalue weighted by atomic mass is 16.3. The van der Waals surface area contributed by atoms with Crippen LogP contribution in [0.15, 0.2) is 18.2 Å². The first-order valence-corrected chi connectivity index (χ1v) is 4.00. The van der Waals surface area contributed by atoms with Crippen molar-refractivity contribution in [2.45, 2.75) is 26.4 Å². The van der Waals surface area contributed by atoms with Crippen molar-refractivity contribution in [2.24, 2.45) is 0 Å². The monoisotopic (exact) mass is 165 g/mol. The van der Waals surface area contributed by atoms with Gasteiger partial charge in [0.1, 0.15) is 0 Å². The Hall–Kier alpha value is -1.02. The molecule has 0 aromatic heterocycles. The van der Waals surface area contributed by atoms with Crippen LogP contribution in [0.1, 0.15) is 25.0 Å². The maximum atomic E-state index is 9.72. The maximum absolute atomic E-state index is 9.72. The van der Waals surface area contributed by atoms with E-state index in [9.17, 15) is 5.11 Å². The predicted octanol–water partition coefficient (Wildman–Crippen LogP) is 1.80. The summed E-state index contributed by atoms with van der Waals surface area (Å²) in [7, 11) is 0. The minimum atomic E-state index is -0.780. The molecular weight excluding hydrogens is 150 g/mol. The Bertz CT molecular complexity index is 286. The normalized spacial score (nSPS) is 11.7. The Labute approximate surface area is 73.0 Å². The smallest absolute Gasteiger partial charge is 0.0843 e. The quantitative estimate of drug-likeness (QED) is 0.623. The zero-order valence-corrected chi connectivity index (χ0v) is 7.76. The second-order valence-electron chi connectivity index (χ2n) is 3.63. The van der Waals surface area contributed by atoms with Gasteiger partial charge in [0, 0.05) is 5.69 Å². The zero-order valence-electron chi connectivity index (χ0n) is 7.76. The van der Waals surface area contributed by atoms with Crippen LogP contribution in [0.4, 0.5) is 5.69 Å². The molecule has 1 rings (SSSR count). The molecule has 0 aliphatic carbocycles. The minimum Gasteiger partial charge on any atom is -0.399 e. The van der Waals surface area contributed by atoms with Crippen molar-refractivity contribution in [3.05, 3.63) is 29.3 Å². The van der Waals surface area contributed by atoms with Crippen molar-refractivity contribution >= 4 is 5.69 Å². The highest BCUT2D eigenvalue weighted by molar-refractivity contribution is 5.45. The van der Waals surface area contributed by atoms with Crippen molar-refractivity contribution in [1.29, 1.82) is 0 Å². The van der Waals surface area contributed by atoms with Gasteiger partial charge in [-0.25, -0.2) is 0 Å². The largest absolute Gasteiger partial charge is 0.399 e. The highest BCUT2D eigenvalue weighted by Crippen LogP contribution is 2.24. The van der Waals surface area contributed by atoms with Crippen LogP contribution in [0.25, 0.3) is 0 Å². The van der Waals surface area contributed by atoms with Gasteiger partial charge in [-0.15, -0.1) is 0 Å². The van der Waals surface area contributed by atoms with Crippen LogP contribution in [-0.2, 0) is 5.60 Å². The summed E-state index contributed by atoms with van der Waals surface area (Å²) in [4.78, 5) is 0. The number of nitrogen functional groups attached to an aromatic ring is 1. The topological polar surface area (TPSA) is 46.2 Å². The van der Waals surface area contributed by atoms with Crippen LogP contribution in [0.2, 0.25) is 0 Å². The van der Waals surface area contributed by atoms with Gasteiger partial charge in [-0.3, -0.25) is 0 Å². The van der Waals surface area contributed by atoms with E-state index in [-0.39, 0.29) is 0 Å². The first kappa shape index (κ1) is 9.07. The molecule has 0 saturated heterocycles. The van der Waals surface area contributed by atoms with Gasteiger partial charge < -0.3 is 10.8 Å². The summed E-state index contributed by atoms with van der Waals surface area (Å²) in [6.07, 6.45) is 0. The van der Waals surface area contributed by atoms with Crippen LogP contribution in [-0.4, -0.2) is 5.11 Å². The van der Waals surface area contributed by atoms with Gasteiger partial charge >= 0.3 is 0 Å².